The number of benzene rings is 1. The van der Waals surface area contributed by atoms with Gasteiger partial charge in [0, 0.05) is 13.0 Å². The molecular weight excluding hydrogens is 642 g/mol. The molecule has 4 fully saturated rings. The lowest BCUT2D eigenvalue weighted by molar-refractivity contribution is -0.137. The second kappa shape index (κ2) is 18.0. The molecular formula is C35H55N9O6. The summed E-state index contributed by atoms with van der Waals surface area (Å²) in [6.07, 6.45) is 6.53. The second-order valence-electron chi connectivity index (χ2n) is 14.6. The van der Waals surface area contributed by atoms with Crippen molar-refractivity contribution in [3.63, 3.8) is 0 Å². The van der Waals surface area contributed by atoms with E-state index in [2.05, 4.69) is 20.9 Å². The minimum absolute atomic E-state index is 0.0215. The standard InChI is InChI=1S/C35H55N9O6/c36-11-5-4-9-25(29(37)45)42-31(47)27(20-35-17-22-13-23(18-35)15-24(14-22)19-35)44-30(46)26(10-6-12-41-33(38)39)43-32(48)28(50-34(40)49)16-21-7-2-1-3-8-21/h1-3,7-8,22-28H,4-6,9-20,36H2,(H2,37,45)(H2,40,49)(H,42,47)(H,43,48)(H,44,46)(H4,38,39,41). The van der Waals surface area contributed by atoms with Crippen LogP contribution in [0.2, 0.25) is 0 Å². The number of carbonyl (C=O) groups excluding carboxylic acids is 5. The lowest BCUT2D eigenvalue weighted by atomic mass is 9.48. The molecule has 0 aromatic heterocycles. The first-order valence-electron chi connectivity index (χ1n) is 17.8. The Morgan fingerprint density at radius 1 is 0.760 bits per heavy atom. The molecule has 13 N–H and O–H groups in total. The van der Waals surface area contributed by atoms with Gasteiger partial charge in [-0.3, -0.25) is 24.2 Å². The summed E-state index contributed by atoms with van der Waals surface area (Å²) < 4.78 is 5.16. The molecule has 4 atom stereocenters. The zero-order chi connectivity index (χ0) is 36.3. The van der Waals surface area contributed by atoms with E-state index in [0.29, 0.717) is 62.0 Å². The summed E-state index contributed by atoms with van der Waals surface area (Å²) in [4.78, 5) is 69.8. The SMILES string of the molecule is NCCCCC(NC(=O)C(CC12CC3CC(CC(C3)C1)C2)NC(=O)C(CCCN=C(N)N)NC(=O)C(Cc1ccccc1)OC(N)=O)C(N)=O. The van der Waals surface area contributed by atoms with Crippen molar-refractivity contribution in [2.45, 2.75) is 108 Å². The topological polar surface area (TPSA) is 273 Å². The minimum atomic E-state index is -1.32. The van der Waals surface area contributed by atoms with Crippen LogP contribution in [0.15, 0.2) is 35.3 Å². The Hall–Kier alpha value is -4.40. The maximum Gasteiger partial charge on any atom is 0.405 e. The molecule has 1 aromatic carbocycles. The van der Waals surface area contributed by atoms with Gasteiger partial charge in [0.1, 0.15) is 18.1 Å². The highest BCUT2D eigenvalue weighted by atomic mass is 16.6. The van der Waals surface area contributed by atoms with Crippen LogP contribution in [0.3, 0.4) is 0 Å². The van der Waals surface area contributed by atoms with Crippen molar-refractivity contribution in [3.8, 4) is 0 Å². The van der Waals surface area contributed by atoms with Crippen LogP contribution in [0.5, 0.6) is 0 Å². The van der Waals surface area contributed by atoms with E-state index in [1.807, 2.05) is 6.07 Å². The quantitative estimate of drug-likeness (QED) is 0.0532. The zero-order valence-corrected chi connectivity index (χ0v) is 28.8. The van der Waals surface area contributed by atoms with E-state index < -0.39 is 54.0 Å². The number of nitrogens with one attached hydrogen (secondary N) is 3. The number of amides is 5. The Morgan fingerprint density at radius 3 is 1.88 bits per heavy atom. The molecule has 4 aliphatic carbocycles. The molecule has 4 saturated carbocycles. The Balaban J connectivity index is 1.56. The van der Waals surface area contributed by atoms with Crippen molar-refractivity contribution in [2.24, 2.45) is 56.8 Å². The van der Waals surface area contributed by atoms with Crippen LogP contribution in [0.1, 0.15) is 82.6 Å². The Kier molecular flexibility index (Phi) is 13.8. The molecule has 4 unspecified atom stereocenters. The Labute approximate surface area is 293 Å². The van der Waals surface area contributed by atoms with E-state index in [4.69, 9.17) is 33.4 Å². The van der Waals surface area contributed by atoms with Gasteiger partial charge in [0.25, 0.3) is 5.91 Å². The van der Waals surface area contributed by atoms with Crippen LogP contribution < -0.4 is 44.6 Å². The number of primary amides is 2. The summed E-state index contributed by atoms with van der Waals surface area (Å²) in [5.74, 6) is -0.821. The molecule has 15 nitrogen and oxygen atoms in total. The predicted octanol–water partition coefficient (Wildman–Crippen LogP) is 0.422. The van der Waals surface area contributed by atoms with E-state index >= 15 is 0 Å². The lowest BCUT2D eigenvalue weighted by Gasteiger charge is -2.57. The van der Waals surface area contributed by atoms with Crippen LogP contribution in [0.25, 0.3) is 0 Å². The molecule has 0 radical (unpaired) electrons. The first kappa shape index (κ1) is 38.4. The molecule has 5 rings (SSSR count). The van der Waals surface area contributed by atoms with Crippen molar-refractivity contribution in [2.75, 3.05) is 13.1 Å². The number of guanidine groups is 1. The number of rotatable bonds is 20. The molecule has 0 aliphatic heterocycles. The molecule has 0 saturated heterocycles. The molecule has 4 bridgehead atoms. The van der Waals surface area contributed by atoms with Crippen LogP contribution in [0, 0.1) is 23.2 Å². The lowest BCUT2D eigenvalue weighted by Crippen LogP contribution is -2.59. The first-order chi connectivity index (χ1) is 23.9. The van der Waals surface area contributed by atoms with Crippen LogP contribution >= 0.6 is 0 Å². The van der Waals surface area contributed by atoms with Crippen molar-refractivity contribution in [3.05, 3.63) is 35.9 Å². The largest absolute Gasteiger partial charge is 0.436 e. The number of ether oxygens (including phenoxy) is 1. The number of unbranched alkanes of at least 4 members (excludes halogenated alkanes) is 1. The fourth-order valence-electron chi connectivity index (χ4n) is 8.70. The van der Waals surface area contributed by atoms with Crippen LogP contribution in [0.4, 0.5) is 4.79 Å². The summed E-state index contributed by atoms with van der Waals surface area (Å²) in [6.45, 7) is 0.630. The average molecular weight is 698 g/mol. The zero-order valence-electron chi connectivity index (χ0n) is 28.8. The first-order valence-corrected chi connectivity index (χ1v) is 17.8. The average Bonchev–Trinajstić information content (AvgIpc) is 3.04. The minimum Gasteiger partial charge on any atom is -0.436 e. The highest BCUT2D eigenvalue weighted by Crippen LogP contribution is 2.61. The highest BCUT2D eigenvalue weighted by Gasteiger charge is 2.52. The normalized spacial score (nSPS) is 24.2. The molecule has 0 heterocycles. The number of nitrogens with zero attached hydrogens (tertiary/aromatic N) is 1. The summed E-state index contributed by atoms with van der Waals surface area (Å²) in [5, 5.41) is 8.45. The maximum absolute atomic E-state index is 14.1. The number of hydrogen-bond donors (Lipinski definition) is 8. The number of carbonyl (C=O) groups is 5. The van der Waals surface area contributed by atoms with Gasteiger partial charge in [-0.05, 0) is 112 Å². The third-order valence-corrected chi connectivity index (χ3v) is 10.4. The van der Waals surface area contributed by atoms with Crippen molar-refractivity contribution < 1.29 is 28.7 Å². The van der Waals surface area contributed by atoms with Crippen molar-refractivity contribution in [1.82, 2.24) is 16.0 Å². The van der Waals surface area contributed by atoms with Crippen molar-refractivity contribution in [1.29, 1.82) is 0 Å². The fraction of sp³-hybridized carbons (Fsp3) is 0.657. The Bertz CT molecular complexity index is 1330. The predicted molar refractivity (Wildman–Crippen MR) is 188 cm³/mol. The van der Waals surface area contributed by atoms with Crippen LogP contribution in [-0.4, -0.2) is 73.0 Å². The summed E-state index contributed by atoms with van der Waals surface area (Å²) in [7, 11) is 0. The number of aliphatic imine (C=N–C) groups is 1. The number of nitrogens with two attached hydrogens (primary N) is 5. The van der Waals surface area contributed by atoms with Gasteiger partial charge in [-0.25, -0.2) is 4.79 Å². The van der Waals surface area contributed by atoms with Gasteiger partial charge < -0.3 is 49.4 Å². The van der Waals surface area contributed by atoms with Gasteiger partial charge in [-0.2, -0.15) is 0 Å². The summed E-state index contributed by atoms with van der Waals surface area (Å²) in [5.41, 5.74) is 28.2. The van der Waals surface area contributed by atoms with E-state index in [1.54, 1.807) is 24.3 Å². The van der Waals surface area contributed by atoms with Crippen molar-refractivity contribution >= 4 is 35.7 Å². The van der Waals surface area contributed by atoms with E-state index in [0.717, 1.165) is 19.3 Å². The van der Waals surface area contributed by atoms with Gasteiger partial charge in [0.05, 0.1) is 0 Å². The van der Waals surface area contributed by atoms with Gasteiger partial charge in [0.2, 0.25) is 17.7 Å². The van der Waals surface area contributed by atoms with Gasteiger partial charge >= 0.3 is 6.09 Å². The summed E-state index contributed by atoms with van der Waals surface area (Å²) in [6, 6.07) is 5.86. The Morgan fingerprint density at radius 2 is 1.32 bits per heavy atom. The van der Waals surface area contributed by atoms with Gasteiger partial charge in [-0.1, -0.05) is 30.3 Å². The molecule has 50 heavy (non-hydrogen) atoms. The fourth-order valence-corrected chi connectivity index (χ4v) is 8.70. The van der Waals surface area contributed by atoms with E-state index in [9.17, 15) is 24.0 Å². The van der Waals surface area contributed by atoms with Gasteiger partial charge in [0.15, 0.2) is 12.1 Å². The molecule has 1 aromatic rings. The number of hydrogen-bond acceptors (Lipinski definition) is 8. The molecule has 4 aliphatic rings. The van der Waals surface area contributed by atoms with Crippen LogP contribution in [-0.2, 0) is 30.3 Å². The monoisotopic (exact) mass is 697 g/mol. The van der Waals surface area contributed by atoms with Gasteiger partial charge in [-0.15, -0.1) is 0 Å². The third-order valence-electron chi connectivity index (χ3n) is 10.4. The smallest absolute Gasteiger partial charge is 0.405 e. The maximum atomic E-state index is 14.1. The third kappa shape index (κ3) is 11.3. The molecule has 0 spiro atoms. The molecule has 276 valence electrons. The summed E-state index contributed by atoms with van der Waals surface area (Å²) >= 11 is 0. The van der Waals surface area contributed by atoms with E-state index in [-0.39, 0.29) is 30.8 Å². The second-order valence-corrected chi connectivity index (χ2v) is 14.6. The molecule has 15 heteroatoms. The molecule has 5 amide bonds. The highest BCUT2D eigenvalue weighted by molar-refractivity contribution is 5.94. The van der Waals surface area contributed by atoms with E-state index in [1.165, 1.54) is 19.3 Å².